The van der Waals surface area contributed by atoms with Gasteiger partial charge >= 0.3 is 0 Å². The Morgan fingerprint density at radius 2 is 1.85 bits per heavy atom. The summed E-state index contributed by atoms with van der Waals surface area (Å²) in [6.07, 6.45) is 1.83. The predicted molar refractivity (Wildman–Crippen MR) is 126 cm³/mol. The topological polar surface area (TPSA) is 52.6 Å². The van der Waals surface area contributed by atoms with Crippen molar-refractivity contribution >= 4 is 35.8 Å². The largest absolute Gasteiger partial charge is 0.363 e. The van der Waals surface area contributed by atoms with Gasteiger partial charge in [-0.3, -0.25) is 0 Å². The predicted octanol–water partition coefficient (Wildman–Crippen LogP) is 3.93. The number of anilines is 1. The molecule has 0 aliphatic heterocycles. The van der Waals surface area contributed by atoms with Crippen LogP contribution >= 0.6 is 24.0 Å². The van der Waals surface area contributed by atoms with Crippen molar-refractivity contribution in [2.24, 2.45) is 4.99 Å². The normalized spacial score (nSPS) is 12.1. The summed E-state index contributed by atoms with van der Waals surface area (Å²) in [5.41, 5.74) is 3.77. The average Bonchev–Trinajstić information content (AvgIpc) is 2.64. The van der Waals surface area contributed by atoms with E-state index in [0.717, 1.165) is 30.4 Å². The van der Waals surface area contributed by atoms with E-state index in [0.29, 0.717) is 12.5 Å². The van der Waals surface area contributed by atoms with Gasteiger partial charge in [-0.2, -0.15) is 0 Å². The molecule has 148 valence electrons. The molecule has 0 fully saturated rings. The standard InChI is InChI=1S/C21H31N5.HI/c1-6-22-21(24-14-17(3)19-9-7-16(2)8-10-19)25-15-18-11-12-23-20(13-18)26(4)5;/h7-13,17H,6,14-15H2,1-5H3,(H2,22,24,25);1H. The lowest BCUT2D eigenvalue weighted by molar-refractivity contribution is 0.699. The van der Waals surface area contributed by atoms with E-state index in [9.17, 15) is 0 Å². The van der Waals surface area contributed by atoms with Gasteiger partial charge in [0.1, 0.15) is 5.82 Å². The Labute approximate surface area is 180 Å². The number of halogens is 1. The Bertz CT molecular complexity index is 713. The van der Waals surface area contributed by atoms with E-state index in [1.807, 2.05) is 31.3 Å². The molecule has 1 atom stereocenters. The van der Waals surface area contributed by atoms with Crippen LogP contribution in [-0.2, 0) is 6.54 Å². The van der Waals surface area contributed by atoms with Crippen LogP contribution in [0.3, 0.4) is 0 Å². The molecule has 0 saturated heterocycles. The van der Waals surface area contributed by atoms with Gasteiger partial charge < -0.3 is 15.5 Å². The first-order valence-electron chi connectivity index (χ1n) is 9.20. The zero-order chi connectivity index (χ0) is 18.9. The van der Waals surface area contributed by atoms with Crippen LogP contribution in [0, 0.1) is 6.92 Å². The van der Waals surface area contributed by atoms with E-state index in [4.69, 9.17) is 4.99 Å². The Hall–Kier alpha value is -1.83. The van der Waals surface area contributed by atoms with Gasteiger partial charge in [0.2, 0.25) is 0 Å². The molecule has 5 nitrogen and oxygen atoms in total. The smallest absolute Gasteiger partial charge is 0.191 e. The number of aryl methyl sites for hydroxylation is 1. The first kappa shape index (κ1) is 23.2. The molecule has 1 heterocycles. The van der Waals surface area contributed by atoms with Gasteiger partial charge in [-0.1, -0.05) is 36.8 Å². The van der Waals surface area contributed by atoms with Crippen molar-refractivity contribution in [3.05, 3.63) is 59.3 Å². The van der Waals surface area contributed by atoms with E-state index in [1.54, 1.807) is 0 Å². The van der Waals surface area contributed by atoms with Crippen LogP contribution in [0.25, 0.3) is 0 Å². The van der Waals surface area contributed by atoms with Crippen molar-refractivity contribution in [2.45, 2.75) is 33.2 Å². The maximum absolute atomic E-state index is 4.71. The highest BCUT2D eigenvalue weighted by Crippen LogP contribution is 2.15. The van der Waals surface area contributed by atoms with Gasteiger partial charge in [-0.25, -0.2) is 9.98 Å². The third-order valence-electron chi connectivity index (χ3n) is 4.25. The molecule has 1 aromatic heterocycles. The highest BCUT2D eigenvalue weighted by molar-refractivity contribution is 14.0. The fourth-order valence-corrected chi connectivity index (χ4v) is 2.58. The van der Waals surface area contributed by atoms with Crippen molar-refractivity contribution in [3.63, 3.8) is 0 Å². The Morgan fingerprint density at radius 1 is 1.15 bits per heavy atom. The van der Waals surface area contributed by atoms with Crippen LogP contribution in [0.15, 0.2) is 47.6 Å². The fraction of sp³-hybridized carbons (Fsp3) is 0.429. The van der Waals surface area contributed by atoms with Crippen LogP contribution < -0.4 is 15.5 Å². The number of nitrogens with one attached hydrogen (secondary N) is 2. The Morgan fingerprint density at radius 3 is 2.48 bits per heavy atom. The third-order valence-corrected chi connectivity index (χ3v) is 4.25. The van der Waals surface area contributed by atoms with Crippen molar-refractivity contribution in [1.29, 1.82) is 0 Å². The SMILES string of the molecule is CCNC(=NCc1ccnc(N(C)C)c1)NCC(C)c1ccc(C)cc1.I. The summed E-state index contributed by atoms with van der Waals surface area (Å²) in [6.45, 7) is 8.73. The van der Waals surface area contributed by atoms with Gasteiger partial charge in [0.25, 0.3) is 0 Å². The molecule has 0 amide bonds. The number of nitrogens with zero attached hydrogens (tertiary/aromatic N) is 3. The minimum absolute atomic E-state index is 0. The molecule has 0 aliphatic carbocycles. The molecule has 0 bridgehead atoms. The number of hydrogen-bond acceptors (Lipinski definition) is 3. The maximum atomic E-state index is 4.71. The monoisotopic (exact) mass is 481 g/mol. The lowest BCUT2D eigenvalue weighted by atomic mass is 10.0. The van der Waals surface area contributed by atoms with E-state index < -0.39 is 0 Å². The zero-order valence-corrected chi connectivity index (χ0v) is 19.3. The first-order valence-corrected chi connectivity index (χ1v) is 9.20. The number of pyridine rings is 1. The second-order valence-electron chi connectivity index (χ2n) is 6.80. The van der Waals surface area contributed by atoms with Crippen LogP contribution in [0.2, 0.25) is 0 Å². The van der Waals surface area contributed by atoms with Crippen LogP contribution in [-0.4, -0.2) is 38.1 Å². The summed E-state index contributed by atoms with van der Waals surface area (Å²) >= 11 is 0. The molecule has 27 heavy (non-hydrogen) atoms. The molecule has 0 spiro atoms. The molecule has 1 unspecified atom stereocenters. The molecule has 2 N–H and O–H groups in total. The van der Waals surface area contributed by atoms with Gasteiger partial charge in [0, 0.05) is 33.4 Å². The molecule has 0 radical (unpaired) electrons. The second kappa shape index (κ2) is 11.8. The summed E-state index contributed by atoms with van der Waals surface area (Å²) < 4.78 is 0. The Balaban J connectivity index is 0.00000364. The molecule has 2 aromatic rings. The summed E-state index contributed by atoms with van der Waals surface area (Å²) in [4.78, 5) is 11.1. The molecular formula is C21H32IN5. The van der Waals surface area contributed by atoms with Gasteiger partial charge in [0.15, 0.2) is 5.96 Å². The fourth-order valence-electron chi connectivity index (χ4n) is 2.58. The number of benzene rings is 1. The number of guanidine groups is 1. The van der Waals surface area contributed by atoms with Crippen molar-refractivity contribution < 1.29 is 0 Å². The average molecular weight is 481 g/mol. The van der Waals surface area contributed by atoms with Gasteiger partial charge in [-0.05, 0) is 43.0 Å². The summed E-state index contributed by atoms with van der Waals surface area (Å²) in [6, 6.07) is 12.8. The lowest BCUT2D eigenvalue weighted by Crippen LogP contribution is -2.39. The molecule has 6 heteroatoms. The molecule has 2 rings (SSSR count). The highest BCUT2D eigenvalue weighted by Gasteiger charge is 2.07. The van der Waals surface area contributed by atoms with E-state index in [2.05, 4.69) is 66.7 Å². The number of aliphatic imine (C=N–C) groups is 1. The lowest BCUT2D eigenvalue weighted by Gasteiger charge is -2.17. The number of rotatable bonds is 7. The van der Waals surface area contributed by atoms with Crippen LogP contribution in [0.1, 0.15) is 36.5 Å². The van der Waals surface area contributed by atoms with Crippen molar-refractivity contribution in [2.75, 3.05) is 32.1 Å². The summed E-state index contributed by atoms with van der Waals surface area (Å²) in [5.74, 6) is 2.21. The van der Waals surface area contributed by atoms with E-state index in [1.165, 1.54) is 11.1 Å². The van der Waals surface area contributed by atoms with Crippen molar-refractivity contribution in [1.82, 2.24) is 15.6 Å². The van der Waals surface area contributed by atoms with Crippen LogP contribution in [0.4, 0.5) is 5.82 Å². The minimum atomic E-state index is 0. The zero-order valence-electron chi connectivity index (χ0n) is 17.0. The van der Waals surface area contributed by atoms with Crippen LogP contribution in [0.5, 0.6) is 0 Å². The number of hydrogen-bond donors (Lipinski definition) is 2. The van der Waals surface area contributed by atoms with Crippen molar-refractivity contribution in [3.8, 4) is 0 Å². The number of aromatic nitrogens is 1. The molecule has 0 saturated carbocycles. The van der Waals surface area contributed by atoms with Gasteiger partial charge in [-0.15, -0.1) is 24.0 Å². The second-order valence-corrected chi connectivity index (χ2v) is 6.80. The highest BCUT2D eigenvalue weighted by atomic mass is 127. The molecule has 0 aliphatic rings. The Kier molecular flexibility index (Phi) is 10.1. The maximum Gasteiger partial charge on any atom is 0.191 e. The van der Waals surface area contributed by atoms with E-state index in [-0.39, 0.29) is 24.0 Å². The quantitative estimate of drug-likeness (QED) is 0.358. The third kappa shape index (κ3) is 7.74. The van der Waals surface area contributed by atoms with E-state index >= 15 is 0 Å². The summed E-state index contributed by atoms with van der Waals surface area (Å²) in [7, 11) is 3.99. The first-order chi connectivity index (χ1) is 12.5. The molecule has 1 aromatic carbocycles. The molecular weight excluding hydrogens is 449 g/mol. The summed E-state index contributed by atoms with van der Waals surface area (Å²) in [5, 5.41) is 6.77. The minimum Gasteiger partial charge on any atom is -0.363 e. The van der Waals surface area contributed by atoms with Gasteiger partial charge in [0.05, 0.1) is 6.54 Å².